The van der Waals surface area contributed by atoms with E-state index < -0.39 is 21.2 Å². The van der Waals surface area contributed by atoms with E-state index in [0.717, 1.165) is 10.7 Å². The summed E-state index contributed by atoms with van der Waals surface area (Å²) in [6.45, 7) is 2.12. The van der Waals surface area contributed by atoms with Gasteiger partial charge in [-0.15, -0.1) is 0 Å². The average Bonchev–Trinajstić information content (AvgIpc) is 2.86. The Morgan fingerprint density at radius 1 is 1.07 bits per heavy atom. The number of carbonyl (C=O) groups is 1. The molecule has 7 heteroatoms. The highest BCUT2D eigenvalue weighted by Crippen LogP contribution is 2.36. The van der Waals surface area contributed by atoms with Gasteiger partial charge in [0.1, 0.15) is 11.5 Å². The highest BCUT2D eigenvalue weighted by atomic mass is 32.2. The molecule has 1 unspecified atom stereocenters. The zero-order valence-corrected chi connectivity index (χ0v) is 16.1. The fraction of sp³-hybridized carbons (Fsp3) is 0.300. The van der Waals surface area contributed by atoms with Crippen LogP contribution in [0, 0.1) is 0 Å². The Balaban J connectivity index is 2.09. The van der Waals surface area contributed by atoms with Gasteiger partial charge in [-0.05, 0) is 36.2 Å². The maximum absolute atomic E-state index is 13.1. The first-order valence-corrected chi connectivity index (χ1v) is 10.3. The smallest absolute Gasteiger partial charge is 0.283 e. The van der Waals surface area contributed by atoms with Gasteiger partial charge in [0, 0.05) is 6.54 Å². The molecule has 1 amide bonds. The van der Waals surface area contributed by atoms with Crippen molar-refractivity contribution in [3.05, 3.63) is 60.2 Å². The number of nitrogens with zero attached hydrogens (tertiary/aromatic N) is 2. The lowest BCUT2D eigenvalue weighted by atomic mass is 10.1. The molecule has 3 rings (SSSR count). The third-order valence-electron chi connectivity index (χ3n) is 4.44. The predicted molar refractivity (Wildman–Crippen MR) is 105 cm³/mol. The van der Waals surface area contributed by atoms with Crippen molar-refractivity contribution in [2.24, 2.45) is 4.99 Å². The van der Waals surface area contributed by atoms with Crippen LogP contribution in [0.2, 0.25) is 0 Å². The summed E-state index contributed by atoms with van der Waals surface area (Å²) in [5.74, 6) is 0.113. The van der Waals surface area contributed by atoms with Crippen molar-refractivity contribution in [1.82, 2.24) is 4.31 Å². The summed E-state index contributed by atoms with van der Waals surface area (Å²) < 4.78 is 32.3. The van der Waals surface area contributed by atoms with Crippen LogP contribution in [0.3, 0.4) is 0 Å². The fourth-order valence-electron chi connectivity index (χ4n) is 3.01. The van der Waals surface area contributed by atoms with Crippen molar-refractivity contribution in [1.29, 1.82) is 0 Å². The SMILES string of the molecule is CCCCN1C(=O)C(=Nc2ccc(OC)cc2)C(c2ccccc2)S1(=O)=O. The van der Waals surface area contributed by atoms with Crippen LogP contribution in [0.25, 0.3) is 0 Å². The first-order valence-electron chi connectivity index (χ1n) is 8.82. The first kappa shape index (κ1) is 19.1. The van der Waals surface area contributed by atoms with Crippen molar-refractivity contribution in [3.63, 3.8) is 0 Å². The summed E-state index contributed by atoms with van der Waals surface area (Å²) in [6.07, 6.45) is 1.41. The summed E-state index contributed by atoms with van der Waals surface area (Å²) in [7, 11) is -2.30. The molecule has 1 heterocycles. The largest absolute Gasteiger partial charge is 0.497 e. The quantitative estimate of drug-likeness (QED) is 0.762. The molecule has 0 radical (unpaired) electrons. The minimum absolute atomic E-state index is 0.0301. The van der Waals surface area contributed by atoms with E-state index in [0.29, 0.717) is 23.4 Å². The Morgan fingerprint density at radius 2 is 1.74 bits per heavy atom. The van der Waals surface area contributed by atoms with Crippen LogP contribution in [0.15, 0.2) is 59.6 Å². The van der Waals surface area contributed by atoms with Gasteiger partial charge >= 0.3 is 0 Å². The molecule has 1 aliphatic rings. The number of rotatable bonds is 6. The second kappa shape index (κ2) is 7.92. The molecule has 0 saturated carbocycles. The number of methoxy groups -OCH3 is 1. The molecule has 1 saturated heterocycles. The molecule has 0 spiro atoms. The molecule has 2 aromatic carbocycles. The summed E-state index contributed by atoms with van der Waals surface area (Å²) >= 11 is 0. The maximum atomic E-state index is 13.1. The molecular formula is C20H22N2O4S. The lowest BCUT2D eigenvalue weighted by Crippen LogP contribution is -2.31. The van der Waals surface area contributed by atoms with E-state index in [-0.39, 0.29) is 12.3 Å². The third kappa shape index (κ3) is 3.73. The van der Waals surface area contributed by atoms with Gasteiger partial charge in [-0.1, -0.05) is 43.7 Å². The lowest BCUT2D eigenvalue weighted by Gasteiger charge is -2.15. The van der Waals surface area contributed by atoms with Crippen LogP contribution in [-0.2, 0) is 14.8 Å². The minimum atomic E-state index is -3.86. The van der Waals surface area contributed by atoms with E-state index in [1.165, 1.54) is 0 Å². The molecule has 0 aromatic heterocycles. The molecule has 0 bridgehead atoms. The molecular weight excluding hydrogens is 364 g/mol. The Labute approximate surface area is 159 Å². The number of sulfonamides is 1. The van der Waals surface area contributed by atoms with Crippen molar-refractivity contribution in [2.45, 2.75) is 25.0 Å². The van der Waals surface area contributed by atoms with Gasteiger partial charge < -0.3 is 4.74 Å². The first-order chi connectivity index (χ1) is 13.0. The zero-order valence-electron chi connectivity index (χ0n) is 15.3. The maximum Gasteiger partial charge on any atom is 0.283 e. The number of ether oxygens (including phenoxy) is 1. The molecule has 1 aliphatic heterocycles. The second-order valence-corrected chi connectivity index (χ2v) is 8.20. The van der Waals surface area contributed by atoms with Gasteiger partial charge in [0.15, 0.2) is 5.25 Å². The van der Waals surface area contributed by atoms with Gasteiger partial charge in [-0.3, -0.25) is 4.79 Å². The van der Waals surface area contributed by atoms with E-state index in [2.05, 4.69) is 4.99 Å². The summed E-state index contributed by atoms with van der Waals surface area (Å²) in [6, 6.07) is 15.6. The third-order valence-corrected chi connectivity index (χ3v) is 6.49. The van der Waals surface area contributed by atoms with Crippen LogP contribution in [0.4, 0.5) is 5.69 Å². The standard InChI is InChI=1S/C20H22N2O4S/c1-3-4-14-22-20(23)18(21-16-10-12-17(26-2)13-11-16)19(27(22,24)25)15-8-6-5-7-9-15/h5-13,19H,3-4,14H2,1-2H3. The van der Waals surface area contributed by atoms with Crippen molar-refractivity contribution in [3.8, 4) is 5.75 Å². The molecule has 1 fully saturated rings. The zero-order chi connectivity index (χ0) is 19.4. The van der Waals surface area contributed by atoms with Crippen LogP contribution < -0.4 is 4.74 Å². The monoisotopic (exact) mass is 386 g/mol. The number of aliphatic imine (C=N–C) groups is 1. The molecule has 27 heavy (non-hydrogen) atoms. The molecule has 0 aliphatic carbocycles. The number of unbranched alkanes of at least 4 members (excludes halogenated alkanes) is 1. The molecule has 6 nitrogen and oxygen atoms in total. The number of carbonyl (C=O) groups excluding carboxylic acids is 1. The normalized spacial score (nSPS) is 20.2. The molecule has 0 N–H and O–H groups in total. The Bertz CT molecular complexity index is 938. The van der Waals surface area contributed by atoms with Crippen LogP contribution in [-0.4, -0.2) is 38.0 Å². The van der Waals surface area contributed by atoms with Crippen molar-refractivity contribution >= 4 is 27.3 Å². The van der Waals surface area contributed by atoms with E-state index in [1.54, 1.807) is 55.6 Å². The van der Waals surface area contributed by atoms with E-state index in [4.69, 9.17) is 4.74 Å². The predicted octanol–water partition coefficient (Wildman–Crippen LogP) is 3.48. The van der Waals surface area contributed by atoms with Crippen LogP contribution in [0.1, 0.15) is 30.6 Å². The van der Waals surface area contributed by atoms with Crippen molar-refractivity contribution < 1.29 is 17.9 Å². The van der Waals surface area contributed by atoms with Crippen LogP contribution in [0.5, 0.6) is 5.75 Å². The Kier molecular flexibility index (Phi) is 5.60. The highest BCUT2D eigenvalue weighted by molar-refractivity contribution is 7.91. The topological polar surface area (TPSA) is 76.0 Å². The fourth-order valence-corrected chi connectivity index (χ4v) is 4.91. The number of amides is 1. The molecule has 2 aromatic rings. The molecule has 142 valence electrons. The van der Waals surface area contributed by atoms with Gasteiger partial charge in [0.05, 0.1) is 12.8 Å². The number of benzene rings is 2. The highest BCUT2D eigenvalue weighted by Gasteiger charge is 2.50. The molecule has 1 atom stereocenters. The summed E-state index contributed by atoms with van der Waals surface area (Å²) in [5, 5.41) is -1.09. The summed E-state index contributed by atoms with van der Waals surface area (Å²) in [4.78, 5) is 17.3. The van der Waals surface area contributed by atoms with Gasteiger partial charge in [0.2, 0.25) is 0 Å². The average molecular weight is 386 g/mol. The van der Waals surface area contributed by atoms with Crippen molar-refractivity contribution in [2.75, 3.05) is 13.7 Å². The van der Waals surface area contributed by atoms with E-state index >= 15 is 0 Å². The Hall–Kier alpha value is -2.67. The van der Waals surface area contributed by atoms with E-state index in [1.807, 2.05) is 13.0 Å². The second-order valence-electron chi connectivity index (χ2n) is 6.26. The van der Waals surface area contributed by atoms with Gasteiger partial charge in [-0.25, -0.2) is 17.7 Å². The number of hydrogen-bond acceptors (Lipinski definition) is 5. The Morgan fingerprint density at radius 3 is 2.33 bits per heavy atom. The van der Waals surface area contributed by atoms with Crippen LogP contribution >= 0.6 is 0 Å². The van der Waals surface area contributed by atoms with Gasteiger partial charge in [0.25, 0.3) is 15.9 Å². The number of hydrogen-bond donors (Lipinski definition) is 0. The summed E-state index contributed by atoms with van der Waals surface area (Å²) in [5.41, 5.74) is 1.08. The van der Waals surface area contributed by atoms with E-state index in [9.17, 15) is 13.2 Å². The lowest BCUT2D eigenvalue weighted by molar-refractivity contribution is -0.119. The minimum Gasteiger partial charge on any atom is -0.497 e. The van der Waals surface area contributed by atoms with Gasteiger partial charge in [-0.2, -0.15) is 0 Å².